The highest BCUT2D eigenvalue weighted by molar-refractivity contribution is 7.80. The van der Waals surface area contributed by atoms with Gasteiger partial charge >= 0.3 is 0 Å². The van der Waals surface area contributed by atoms with E-state index < -0.39 is 0 Å². The lowest BCUT2D eigenvalue weighted by Gasteiger charge is -2.17. The zero-order valence-electron chi connectivity index (χ0n) is 12.7. The largest absolute Gasteiger partial charge is 0.356 e. The molecule has 0 saturated heterocycles. The third-order valence-corrected chi connectivity index (χ3v) is 4.20. The smallest absolute Gasteiger partial charge is 0.171 e. The fraction of sp³-hybridized carbons (Fsp3) is 0.333. The SMILES string of the molecule is CCn1ncc(C(C)NC(=S)Nc2ccc(Cl)cc2Cl)c1C. The summed E-state index contributed by atoms with van der Waals surface area (Å²) < 4.78 is 1.96. The summed E-state index contributed by atoms with van der Waals surface area (Å²) in [5.41, 5.74) is 2.97. The number of hydrogen-bond donors (Lipinski definition) is 2. The lowest BCUT2D eigenvalue weighted by atomic mass is 10.1. The summed E-state index contributed by atoms with van der Waals surface area (Å²) >= 11 is 17.4. The Morgan fingerprint density at radius 2 is 2.14 bits per heavy atom. The molecule has 2 aromatic rings. The molecular formula is C15H18Cl2N4S. The molecule has 1 unspecified atom stereocenters. The summed E-state index contributed by atoms with van der Waals surface area (Å²) in [4.78, 5) is 0. The molecule has 118 valence electrons. The van der Waals surface area contributed by atoms with E-state index in [1.54, 1.807) is 18.2 Å². The number of aryl methyl sites for hydroxylation is 1. The Kier molecular flexibility index (Phi) is 5.67. The molecule has 7 heteroatoms. The minimum atomic E-state index is 0.0476. The first-order valence-corrected chi connectivity index (χ1v) is 8.13. The van der Waals surface area contributed by atoms with Crippen molar-refractivity contribution in [2.75, 3.05) is 5.32 Å². The topological polar surface area (TPSA) is 41.9 Å². The number of benzene rings is 1. The first-order chi connectivity index (χ1) is 10.4. The van der Waals surface area contributed by atoms with Crippen molar-refractivity contribution in [3.05, 3.63) is 45.7 Å². The van der Waals surface area contributed by atoms with Crippen molar-refractivity contribution in [3.8, 4) is 0 Å². The molecule has 22 heavy (non-hydrogen) atoms. The quantitative estimate of drug-likeness (QED) is 0.787. The molecule has 0 radical (unpaired) electrons. The summed E-state index contributed by atoms with van der Waals surface area (Å²) in [5.74, 6) is 0. The van der Waals surface area contributed by atoms with Gasteiger partial charge in [0.25, 0.3) is 0 Å². The molecule has 4 nitrogen and oxygen atoms in total. The van der Waals surface area contributed by atoms with Crippen molar-refractivity contribution in [3.63, 3.8) is 0 Å². The molecule has 0 aliphatic carbocycles. The van der Waals surface area contributed by atoms with E-state index in [-0.39, 0.29) is 6.04 Å². The Morgan fingerprint density at radius 1 is 1.41 bits per heavy atom. The molecular weight excluding hydrogens is 339 g/mol. The van der Waals surface area contributed by atoms with Gasteiger partial charge in [0, 0.05) is 22.8 Å². The molecule has 0 bridgehead atoms. The van der Waals surface area contributed by atoms with Crippen molar-refractivity contribution in [2.24, 2.45) is 0 Å². The summed E-state index contributed by atoms with van der Waals surface area (Å²) in [7, 11) is 0. The Balaban J connectivity index is 2.03. The van der Waals surface area contributed by atoms with Crippen LogP contribution >= 0.6 is 35.4 Å². The van der Waals surface area contributed by atoms with Gasteiger partial charge in [0.2, 0.25) is 0 Å². The van der Waals surface area contributed by atoms with Crippen molar-refractivity contribution in [1.82, 2.24) is 15.1 Å². The molecule has 0 aliphatic heterocycles. The molecule has 1 heterocycles. The van der Waals surface area contributed by atoms with Crippen molar-refractivity contribution < 1.29 is 0 Å². The number of aromatic nitrogens is 2. The lowest BCUT2D eigenvalue weighted by Crippen LogP contribution is -2.31. The normalized spacial score (nSPS) is 12.0. The van der Waals surface area contributed by atoms with E-state index in [0.29, 0.717) is 15.2 Å². The van der Waals surface area contributed by atoms with Crippen LogP contribution in [-0.4, -0.2) is 14.9 Å². The van der Waals surface area contributed by atoms with E-state index in [0.717, 1.165) is 23.5 Å². The van der Waals surface area contributed by atoms with Crippen LogP contribution in [0.1, 0.15) is 31.1 Å². The second-order valence-electron chi connectivity index (χ2n) is 4.95. The van der Waals surface area contributed by atoms with Crippen LogP contribution in [0.5, 0.6) is 0 Å². The molecule has 0 spiro atoms. The number of hydrogen-bond acceptors (Lipinski definition) is 2. The Hall–Kier alpha value is -1.30. The number of nitrogens with zero attached hydrogens (tertiary/aromatic N) is 2. The third-order valence-electron chi connectivity index (χ3n) is 3.43. The standard InChI is InChI=1S/C15H18Cl2N4S/c1-4-21-10(3)12(8-18-21)9(2)19-15(22)20-14-6-5-11(16)7-13(14)17/h5-9H,4H2,1-3H3,(H2,19,20,22). The Bertz CT molecular complexity index is 684. The Labute approximate surface area is 145 Å². The van der Waals surface area contributed by atoms with Gasteiger partial charge < -0.3 is 10.6 Å². The molecule has 0 aliphatic rings. The number of nitrogens with one attached hydrogen (secondary N) is 2. The maximum atomic E-state index is 6.13. The highest BCUT2D eigenvalue weighted by Gasteiger charge is 2.14. The van der Waals surface area contributed by atoms with Crippen LogP contribution in [0.4, 0.5) is 5.69 Å². The maximum Gasteiger partial charge on any atom is 0.171 e. The zero-order valence-corrected chi connectivity index (χ0v) is 15.0. The van der Waals surface area contributed by atoms with Gasteiger partial charge in [-0.25, -0.2) is 0 Å². The molecule has 1 atom stereocenters. The summed E-state index contributed by atoms with van der Waals surface area (Å²) in [6.07, 6.45) is 1.87. The summed E-state index contributed by atoms with van der Waals surface area (Å²) in [6, 6.07) is 5.28. The van der Waals surface area contributed by atoms with Gasteiger partial charge in [-0.05, 0) is 51.2 Å². The van der Waals surface area contributed by atoms with Crippen molar-refractivity contribution in [1.29, 1.82) is 0 Å². The van der Waals surface area contributed by atoms with Gasteiger partial charge in [0.05, 0.1) is 22.9 Å². The molecule has 1 aromatic carbocycles. The predicted molar refractivity (Wildman–Crippen MR) is 96.9 cm³/mol. The van der Waals surface area contributed by atoms with Gasteiger partial charge in [-0.1, -0.05) is 23.2 Å². The second kappa shape index (κ2) is 7.31. The van der Waals surface area contributed by atoms with Gasteiger partial charge in [-0.3, -0.25) is 4.68 Å². The predicted octanol–water partition coefficient (Wildman–Crippen LogP) is 4.57. The van der Waals surface area contributed by atoms with Crippen molar-refractivity contribution in [2.45, 2.75) is 33.4 Å². The van der Waals surface area contributed by atoms with Crippen LogP contribution in [-0.2, 0) is 6.54 Å². The minimum absolute atomic E-state index is 0.0476. The van der Waals surface area contributed by atoms with Crippen LogP contribution < -0.4 is 10.6 Å². The maximum absolute atomic E-state index is 6.13. The first kappa shape index (κ1) is 17.1. The average Bonchev–Trinajstić information content (AvgIpc) is 2.83. The molecule has 0 amide bonds. The average molecular weight is 357 g/mol. The highest BCUT2D eigenvalue weighted by Crippen LogP contribution is 2.25. The van der Waals surface area contributed by atoms with E-state index in [1.165, 1.54) is 0 Å². The van der Waals surface area contributed by atoms with Gasteiger partial charge in [-0.15, -0.1) is 0 Å². The highest BCUT2D eigenvalue weighted by atomic mass is 35.5. The number of rotatable bonds is 4. The lowest BCUT2D eigenvalue weighted by molar-refractivity contribution is 0.633. The fourth-order valence-corrected chi connectivity index (χ4v) is 2.97. The third kappa shape index (κ3) is 3.91. The van der Waals surface area contributed by atoms with E-state index >= 15 is 0 Å². The van der Waals surface area contributed by atoms with E-state index in [9.17, 15) is 0 Å². The van der Waals surface area contributed by atoms with Gasteiger partial charge in [0.15, 0.2) is 5.11 Å². The molecule has 2 rings (SSSR count). The molecule has 1 aromatic heterocycles. The Morgan fingerprint density at radius 3 is 2.73 bits per heavy atom. The second-order valence-corrected chi connectivity index (χ2v) is 6.20. The fourth-order valence-electron chi connectivity index (χ4n) is 2.23. The van der Waals surface area contributed by atoms with Gasteiger partial charge in [0.1, 0.15) is 0 Å². The number of halogens is 2. The van der Waals surface area contributed by atoms with E-state index in [4.69, 9.17) is 35.4 Å². The zero-order chi connectivity index (χ0) is 16.3. The van der Waals surface area contributed by atoms with Crippen LogP contribution in [0.2, 0.25) is 10.0 Å². The molecule has 0 fully saturated rings. The van der Waals surface area contributed by atoms with E-state index in [1.807, 2.05) is 17.8 Å². The van der Waals surface area contributed by atoms with Crippen LogP contribution in [0, 0.1) is 6.92 Å². The number of thiocarbonyl (C=S) groups is 1. The molecule has 0 saturated carbocycles. The minimum Gasteiger partial charge on any atom is -0.356 e. The van der Waals surface area contributed by atoms with Gasteiger partial charge in [-0.2, -0.15) is 5.10 Å². The number of anilines is 1. The van der Waals surface area contributed by atoms with E-state index in [2.05, 4.69) is 29.6 Å². The van der Waals surface area contributed by atoms with Crippen LogP contribution in [0.3, 0.4) is 0 Å². The summed E-state index contributed by atoms with van der Waals surface area (Å²) in [6.45, 7) is 7.01. The first-order valence-electron chi connectivity index (χ1n) is 6.97. The molecule has 2 N–H and O–H groups in total. The van der Waals surface area contributed by atoms with Crippen molar-refractivity contribution >= 4 is 46.2 Å². The van der Waals surface area contributed by atoms with Crippen LogP contribution in [0.25, 0.3) is 0 Å². The monoisotopic (exact) mass is 356 g/mol. The summed E-state index contributed by atoms with van der Waals surface area (Å²) in [5, 5.41) is 12.3. The van der Waals surface area contributed by atoms with Crippen LogP contribution in [0.15, 0.2) is 24.4 Å².